The van der Waals surface area contributed by atoms with E-state index >= 15 is 0 Å². The smallest absolute Gasteiger partial charge is 0.324 e. The molecule has 1 saturated heterocycles. The molecule has 6 heteroatoms. The van der Waals surface area contributed by atoms with E-state index in [4.69, 9.17) is 0 Å². The number of carbonyl (C=O) groups excluding carboxylic acids is 3. The molecule has 0 saturated carbocycles. The van der Waals surface area contributed by atoms with Gasteiger partial charge in [0.2, 0.25) is 5.91 Å². The lowest BCUT2D eigenvalue weighted by atomic mass is 10.1. The lowest BCUT2D eigenvalue weighted by Gasteiger charge is -2.25. The number of Topliss-reactive ketones (excluding diaryl/α,β-unsaturated/α-hetero) is 1. The van der Waals surface area contributed by atoms with Crippen molar-refractivity contribution >= 4 is 17.7 Å². The molecule has 0 spiro atoms. The summed E-state index contributed by atoms with van der Waals surface area (Å²) in [5.41, 5.74) is 0.431. The Morgan fingerprint density at radius 2 is 1.95 bits per heavy atom. The minimum absolute atomic E-state index is 0.130. The minimum Gasteiger partial charge on any atom is -0.337 e. The predicted molar refractivity (Wildman–Crippen MR) is 69.7 cm³/mol. The Balaban J connectivity index is 1.83. The molecule has 106 valence electrons. The van der Waals surface area contributed by atoms with Crippen molar-refractivity contribution in [2.24, 2.45) is 0 Å². The summed E-state index contributed by atoms with van der Waals surface area (Å²) in [5.74, 6) is -0.741. The van der Waals surface area contributed by atoms with Crippen LogP contribution in [0.25, 0.3) is 0 Å². The highest BCUT2D eigenvalue weighted by Crippen LogP contribution is 2.09. The van der Waals surface area contributed by atoms with Crippen molar-refractivity contribution < 1.29 is 18.8 Å². The van der Waals surface area contributed by atoms with E-state index in [9.17, 15) is 18.8 Å². The SMILES string of the molecule is O=C(CCCN1C(=O)CCNC1=O)c1ccc(F)cc1. The molecular formula is C14H15FN2O3. The molecule has 0 aliphatic carbocycles. The van der Waals surface area contributed by atoms with Crippen LogP contribution in [0.3, 0.4) is 0 Å². The van der Waals surface area contributed by atoms with E-state index in [1.807, 2.05) is 0 Å². The maximum absolute atomic E-state index is 12.7. The Morgan fingerprint density at radius 1 is 1.25 bits per heavy atom. The lowest BCUT2D eigenvalue weighted by Crippen LogP contribution is -2.50. The maximum atomic E-state index is 12.7. The molecule has 1 aliphatic heterocycles. The number of benzene rings is 1. The molecule has 20 heavy (non-hydrogen) atoms. The molecule has 0 radical (unpaired) electrons. The van der Waals surface area contributed by atoms with Crippen molar-refractivity contribution in [3.63, 3.8) is 0 Å². The quantitative estimate of drug-likeness (QED) is 0.834. The van der Waals surface area contributed by atoms with Crippen LogP contribution < -0.4 is 5.32 Å². The summed E-state index contributed by atoms with van der Waals surface area (Å²) in [4.78, 5) is 35.9. The topological polar surface area (TPSA) is 66.5 Å². The van der Waals surface area contributed by atoms with Gasteiger partial charge in [-0.2, -0.15) is 0 Å². The highest BCUT2D eigenvalue weighted by atomic mass is 19.1. The molecule has 1 aliphatic rings. The zero-order valence-electron chi connectivity index (χ0n) is 10.9. The molecule has 5 nitrogen and oxygen atoms in total. The number of nitrogens with one attached hydrogen (secondary N) is 1. The Morgan fingerprint density at radius 3 is 2.60 bits per heavy atom. The molecule has 3 amide bonds. The second-order valence-electron chi connectivity index (χ2n) is 4.56. The van der Waals surface area contributed by atoms with Gasteiger partial charge >= 0.3 is 6.03 Å². The number of nitrogens with zero attached hydrogens (tertiary/aromatic N) is 1. The molecule has 0 unspecified atom stereocenters. The van der Waals surface area contributed by atoms with Gasteiger partial charge in [-0.1, -0.05) is 0 Å². The van der Waals surface area contributed by atoms with E-state index < -0.39 is 11.8 Å². The fraction of sp³-hybridized carbons (Fsp3) is 0.357. The van der Waals surface area contributed by atoms with Crippen LogP contribution in [0.2, 0.25) is 0 Å². The monoisotopic (exact) mass is 278 g/mol. The molecule has 1 heterocycles. The first-order valence-electron chi connectivity index (χ1n) is 6.45. The van der Waals surface area contributed by atoms with Crippen LogP contribution in [-0.4, -0.2) is 35.7 Å². The van der Waals surface area contributed by atoms with Crippen molar-refractivity contribution in [2.45, 2.75) is 19.3 Å². The number of halogens is 1. The first-order chi connectivity index (χ1) is 9.58. The van der Waals surface area contributed by atoms with Crippen LogP contribution in [0, 0.1) is 5.82 Å². The highest BCUT2D eigenvalue weighted by molar-refractivity contribution is 5.97. The molecule has 2 rings (SSSR count). The molecule has 1 fully saturated rings. The predicted octanol–water partition coefficient (Wildman–Crippen LogP) is 1.73. The number of rotatable bonds is 5. The summed E-state index contributed by atoms with van der Waals surface area (Å²) in [6, 6.07) is 4.91. The highest BCUT2D eigenvalue weighted by Gasteiger charge is 2.25. The van der Waals surface area contributed by atoms with Crippen molar-refractivity contribution in [1.82, 2.24) is 10.2 Å². The van der Waals surface area contributed by atoms with Crippen LogP contribution >= 0.6 is 0 Å². The van der Waals surface area contributed by atoms with Gasteiger partial charge in [-0.05, 0) is 30.7 Å². The third-order valence-electron chi connectivity index (χ3n) is 3.11. The number of hydrogen-bond donors (Lipinski definition) is 1. The summed E-state index contributed by atoms with van der Waals surface area (Å²) in [7, 11) is 0. The van der Waals surface area contributed by atoms with Gasteiger partial charge in [-0.25, -0.2) is 9.18 Å². The number of carbonyl (C=O) groups is 3. The molecule has 1 aromatic rings. The van der Waals surface area contributed by atoms with Gasteiger partial charge in [0.15, 0.2) is 5.78 Å². The molecule has 0 aromatic heterocycles. The standard InChI is InChI=1S/C14H15FN2O3/c15-11-5-3-10(4-6-11)12(18)2-1-9-17-13(19)7-8-16-14(17)20/h3-6H,1-2,7-9H2,(H,16,20). The normalized spacial score (nSPS) is 15.2. The van der Waals surface area contributed by atoms with E-state index in [1.165, 1.54) is 24.3 Å². The average molecular weight is 278 g/mol. The summed E-state index contributed by atoms with van der Waals surface area (Å²) < 4.78 is 12.7. The van der Waals surface area contributed by atoms with E-state index in [1.54, 1.807) is 0 Å². The van der Waals surface area contributed by atoms with Crippen molar-refractivity contribution in [3.05, 3.63) is 35.6 Å². The zero-order chi connectivity index (χ0) is 14.5. The largest absolute Gasteiger partial charge is 0.337 e. The first-order valence-corrected chi connectivity index (χ1v) is 6.45. The van der Waals surface area contributed by atoms with Crippen LogP contribution in [0.1, 0.15) is 29.6 Å². The molecule has 1 N–H and O–H groups in total. The van der Waals surface area contributed by atoms with Gasteiger partial charge in [0, 0.05) is 31.5 Å². The second-order valence-corrected chi connectivity index (χ2v) is 4.56. The lowest BCUT2D eigenvalue weighted by molar-refractivity contribution is -0.129. The van der Waals surface area contributed by atoms with E-state index in [2.05, 4.69) is 5.32 Å². The van der Waals surface area contributed by atoms with Gasteiger partial charge in [-0.3, -0.25) is 14.5 Å². The number of imide groups is 1. The minimum atomic E-state index is -0.407. The Hall–Kier alpha value is -2.24. The van der Waals surface area contributed by atoms with Crippen molar-refractivity contribution in [1.29, 1.82) is 0 Å². The molecule has 0 bridgehead atoms. The number of hydrogen-bond acceptors (Lipinski definition) is 3. The Labute approximate surface area is 115 Å². The van der Waals surface area contributed by atoms with Gasteiger partial charge in [-0.15, -0.1) is 0 Å². The fourth-order valence-electron chi connectivity index (χ4n) is 2.02. The van der Waals surface area contributed by atoms with Crippen molar-refractivity contribution in [3.8, 4) is 0 Å². The summed E-state index contributed by atoms with van der Waals surface area (Å²) in [6.45, 7) is 0.584. The van der Waals surface area contributed by atoms with Gasteiger partial charge < -0.3 is 5.32 Å². The van der Waals surface area contributed by atoms with Crippen LogP contribution in [0.5, 0.6) is 0 Å². The number of ketones is 1. The van der Waals surface area contributed by atoms with E-state index in [-0.39, 0.29) is 31.1 Å². The van der Waals surface area contributed by atoms with Crippen LogP contribution in [-0.2, 0) is 4.79 Å². The molecule has 0 atom stereocenters. The Kier molecular flexibility index (Phi) is 4.45. The van der Waals surface area contributed by atoms with E-state index in [0.29, 0.717) is 18.5 Å². The first kappa shape index (κ1) is 14.2. The maximum Gasteiger partial charge on any atom is 0.324 e. The third kappa shape index (κ3) is 3.40. The second kappa shape index (κ2) is 6.27. The summed E-state index contributed by atoms with van der Waals surface area (Å²) in [5, 5.41) is 2.58. The number of amides is 3. The van der Waals surface area contributed by atoms with E-state index in [0.717, 1.165) is 4.90 Å². The number of urea groups is 1. The summed E-state index contributed by atoms with van der Waals surface area (Å²) in [6.07, 6.45) is 0.899. The summed E-state index contributed by atoms with van der Waals surface area (Å²) >= 11 is 0. The average Bonchev–Trinajstić information content (AvgIpc) is 2.42. The van der Waals surface area contributed by atoms with Crippen LogP contribution in [0.15, 0.2) is 24.3 Å². The zero-order valence-corrected chi connectivity index (χ0v) is 10.9. The fourth-order valence-corrected chi connectivity index (χ4v) is 2.02. The van der Waals surface area contributed by atoms with Crippen molar-refractivity contribution in [2.75, 3.05) is 13.1 Å². The molecule has 1 aromatic carbocycles. The molecular weight excluding hydrogens is 263 g/mol. The Bertz CT molecular complexity index is 512. The van der Waals surface area contributed by atoms with Gasteiger partial charge in [0.05, 0.1) is 0 Å². The van der Waals surface area contributed by atoms with Crippen LogP contribution in [0.4, 0.5) is 9.18 Å². The van der Waals surface area contributed by atoms with Gasteiger partial charge in [0.25, 0.3) is 0 Å². The van der Waals surface area contributed by atoms with Gasteiger partial charge in [0.1, 0.15) is 5.82 Å². The third-order valence-corrected chi connectivity index (χ3v) is 3.11.